The van der Waals surface area contributed by atoms with E-state index in [1.807, 2.05) is 0 Å². The highest BCUT2D eigenvalue weighted by Crippen LogP contribution is 2.27. The Morgan fingerprint density at radius 1 is 1.38 bits per heavy atom. The molecule has 1 aromatic carbocycles. The van der Waals surface area contributed by atoms with Gasteiger partial charge in [-0.1, -0.05) is 17.7 Å². The van der Waals surface area contributed by atoms with E-state index in [1.165, 1.54) is 4.31 Å². The van der Waals surface area contributed by atoms with Crippen molar-refractivity contribution in [2.75, 3.05) is 26.8 Å². The van der Waals surface area contributed by atoms with E-state index in [0.717, 1.165) is 18.4 Å². The number of rotatable bonds is 5. The molecule has 0 bridgehead atoms. The lowest BCUT2D eigenvalue weighted by Crippen LogP contribution is -2.34. The van der Waals surface area contributed by atoms with Crippen molar-refractivity contribution in [2.24, 2.45) is 11.7 Å². The first-order valence-corrected chi connectivity index (χ1v) is 8.79. The van der Waals surface area contributed by atoms with E-state index in [1.54, 1.807) is 25.2 Å². The predicted octanol–water partition coefficient (Wildman–Crippen LogP) is 1.85. The van der Waals surface area contributed by atoms with Gasteiger partial charge in [0.2, 0.25) is 10.0 Å². The Morgan fingerprint density at radius 2 is 2.05 bits per heavy atom. The molecule has 1 heterocycles. The van der Waals surface area contributed by atoms with E-state index in [2.05, 4.69) is 0 Å². The normalized spacial score (nSPS) is 17.3. The van der Waals surface area contributed by atoms with Gasteiger partial charge >= 0.3 is 0 Å². The van der Waals surface area contributed by atoms with Crippen LogP contribution in [0.5, 0.6) is 0 Å². The third kappa shape index (κ3) is 3.96. The Bertz CT molecular complexity index is 586. The van der Waals surface area contributed by atoms with Crippen LogP contribution in [0.1, 0.15) is 18.4 Å². The molecular formula is C14H21ClN2O3S. The maximum Gasteiger partial charge on any atom is 0.244 e. The smallest absolute Gasteiger partial charge is 0.244 e. The fourth-order valence-electron chi connectivity index (χ4n) is 2.43. The highest BCUT2D eigenvalue weighted by molar-refractivity contribution is 7.89. The number of nitrogens with zero attached hydrogens (tertiary/aromatic N) is 1. The molecule has 1 aliphatic heterocycles. The van der Waals surface area contributed by atoms with Crippen molar-refractivity contribution in [1.82, 2.24) is 4.31 Å². The first-order valence-electron chi connectivity index (χ1n) is 6.97. The van der Waals surface area contributed by atoms with Gasteiger partial charge in [-0.25, -0.2) is 12.7 Å². The molecule has 0 saturated carbocycles. The van der Waals surface area contributed by atoms with Crippen LogP contribution in [0, 0.1) is 5.92 Å². The molecule has 2 N–H and O–H groups in total. The molecular weight excluding hydrogens is 312 g/mol. The Hall–Kier alpha value is -0.660. The number of hydrogen-bond donors (Lipinski definition) is 1. The van der Waals surface area contributed by atoms with Crippen molar-refractivity contribution in [3.63, 3.8) is 0 Å². The topological polar surface area (TPSA) is 72.6 Å². The van der Waals surface area contributed by atoms with Gasteiger partial charge in [-0.05, 0) is 36.5 Å². The van der Waals surface area contributed by atoms with Gasteiger partial charge in [-0.2, -0.15) is 0 Å². The molecule has 0 radical (unpaired) electrons. The number of hydrogen-bond acceptors (Lipinski definition) is 4. The summed E-state index contributed by atoms with van der Waals surface area (Å²) >= 11 is 6.06. The first kappa shape index (κ1) is 16.7. The van der Waals surface area contributed by atoms with Gasteiger partial charge in [-0.15, -0.1) is 0 Å². The second-order valence-electron chi connectivity index (χ2n) is 5.31. The molecule has 21 heavy (non-hydrogen) atoms. The summed E-state index contributed by atoms with van der Waals surface area (Å²) in [4.78, 5) is 0.127. The highest BCUT2D eigenvalue weighted by Gasteiger charge is 2.27. The zero-order chi connectivity index (χ0) is 15.5. The number of benzene rings is 1. The van der Waals surface area contributed by atoms with Gasteiger partial charge in [0.25, 0.3) is 0 Å². The molecule has 2 rings (SSSR count). The number of nitrogens with two attached hydrogens (primary N) is 1. The van der Waals surface area contributed by atoms with Crippen molar-refractivity contribution >= 4 is 21.6 Å². The molecule has 0 aliphatic carbocycles. The second kappa shape index (κ2) is 7.07. The zero-order valence-corrected chi connectivity index (χ0v) is 13.7. The summed E-state index contributed by atoms with van der Waals surface area (Å²) in [7, 11) is -2.00. The summed E-state index contributed by atoms with van der Waals surface area (Å²) in [5.41, 5.74) is 6.32. The van der Waals surface area contributed by atoms with E-state index in [0.29, 0.717) is 25.7 Å². The molecule has 0 atom stereocenters. The first-order chi connectivity index (χ1) is 9.95. The van der Waals surface area contributed by atoms with Crippen LogP contribution in [-0.4, -0.2) is 39.5 Å². The molecule has 5 nitrogen and oxygen atoms in total. The van der Waals surface area contributed by atoms with Crippen LogP contribution in [0.2, 0.25) is 5.02 Å². The number of halogens is 1. The standard InChI is InChI=1S/C14H21ClN2O3S/c1-17(10-11-4-6-20-7-5-11)21(18,19)14-8-12(9-16)2-3-13(14)15/h2-3,8,11H,4-7,9-10,16H2,1H3. The molecule has 7 heteroatoms. The minimum absolute atomic E-state index is 0.127. The molecule has 0 spiro atoms. The van der Waals surface area contributed by atoms with E-state index >= 15 is 0 Å². The van der Waals surface area contributed by atoms with E-state index in [-0.39, 0.29) is 16.5 Å². The van der Waals surface area contributed by atoms with Gasteiger partial charge < -0.3 is 10.5 Å². The Kier molecular flexibility index (Phi) is 5.62. The van der Waals surface area contributed by atoms with Gasteiger partial charge in [0.05, 0.1) is 5.02 Å². The average molecular weight is 333 g/mol. The van der Waals surface area contributed by atoms with Crippen molar-refractivity contribution < 1.29 is 13.2 Å². The summed E-state index contributed by atoms with van der Waals surface area (Å²) in [6.07, 6.45) is 1.77. The predicted molar refractivity (Wildman–Crippen MR) is 82.7 cm³/mol. The molecule has 1 aliphatic rings. The molecule has 1 fully saturated rings. The lowest BCUT2D eigenvalue weighted by Gasteiger charge is -2.27. The van der Waals surface area contributed by atoms with Crippen molar-refractivity contribution in [3.8, 4) is 0 Å². The van der Waals surface area contributed by atoms with Crippen LogP contribution in [0.25, 0.3) is 0 Å². The largest absolute Gasteiger partial charge is 0.381 e. The molecule has 1 saturated heterocycles. The van der Waals surface area contributed by atoms with E-state index in [4.69, 9.17) is 22.1 Å². The van der Waals surface area contributed by atoms with Crippen molar-refractivity contribution in [2.45, 2.75) is 24.3 Å². The fourth-order valence-corrected chi connectivity index (χ4v) is 4.20. The summed E-state index contributed by atoms with van der Waals surface area (Å²) in [5.74, 6) is 0.329. The molecule has 0 amide bonds. The summed E-state index contributed by atoms with van der Waals surface area (Å²) in [6, 6.07) is 4.87. The van der Waals surface area contributed by atoms with Crippen LogP contribution in [0.15, 0.2) is 23.1 Å². The van der Waals surface area contributed by atoms with E-state index < -0.39 is 10.0 Å². The Labute approximate surface area is 131 Å². The third-order valence-electron chi connectivity index (χ3n) is 3.78. The van der Waals surface area contributed by atoms with E-state index in [9.17, 15) is 8.42 Å². The maximum absolute atomic E-state index is 12.7. The lowest BCUT2D eigenvalue weighted by atomic mass is 10.0. The van der Waals surface area contributed by atoms with Gasteiger partial charge in [0.1, 0.15) is 4.90 Å². The molecule has 118 valence electrons. The minimum Gasteiger partial charge on any atom is -0.381 e. The van der Waals surface area contributed by atoms with Crippen molar-refractivity contribution in [3.05, 3.63) is 28.8 Å². The van der Waals surface area contributed by atoms with Gasteiger partial charge in [0.15, 0.2) is 0 Å². The minimum atomic E-state index is -3.60. The second-order valence-corrected chi connectivity index (χ2v) is 7.73. The van der Waals surface area contributed by atoms with Crippen LogP contribution < -0.4 is 5.73 Å². The lowest BCUT2D eigenvalue weighted by molar-refractivity contribution is 0.0620. The molecule has 0 unspecified atom stereocenters. The molecule has 0 aromatic heterocycles. The maximum atomic E-state index is 12.7. The van der Waals surface area contributed by atoms with Crippen LogP contribution in [0.3, 0.4) is 0 Å². The Morgan fingerprint density at radius 3 is 2.67 bits per heavy atom. The van der Waals surface area contributed by atoms with Crippen molar-refractivity contribution in [1.29, 1.82) is 0 Å². The quantitative estimate of drug-likeness (QED) is 0.893. The SMILES string of the molecule is CN(CC1CCOCC1)S(=O)(=O)c1cc(CN)ccc1Cl. The third-order valence-corrected chi connectivity index (χ3v) is 6.08. The summed E-state index contributed by atoms with van der Waals surface area (Å²) in [5, 5.41) is 0.228. The Balaban J connectivity index is 2.20. The molecule has 1 aromatic rings. The van der Waals surface area contributed by atoms with Crippen LogP contribution >= 0.6 is 11.6 Å². The van der Waals surface area contributed by atoms with Gasteiger partial charge in [-0.3, -0.25) is 0 Å². The van der Waals surface area contributed by atoms with Crippen LogP contribution in [0.4, 0.5) is 0 Å². The number of ether oxygens (including phenoxy) is 1. The van der Waals surface area contributed by atoms with Gasteiger partial charge in [0, 0.05) is 33.4 Å². The zero-order valence-electron chi connectivity index (χ0n) is 12.1. The average Bonchev–Trinajstić information content (AvgIpc) is 2.48. The summed E-state index contributed by atoms with van der Waals surface area (Å²) < 4.78 is 32.0. The number of sulfonamides is 1. The summed E-state index contributed by atoms with van der Waals surface area (Å²) in [6.45, 7) is 2.15. The highest BCUT2D eigenvalue weighted by atomic mass is 35.5. The fraction of sp³-hybridized carbons (Fsp3) is 0.571. The monoisotopic (exact) mass is 332 g/mol. The van der Waals surface area contributed by atoms with Crippen LogP contribution in [-0.2, 0) is 21.3 Å².